The fraction of sp³-hybridized carbons (Fsp3) is 0.185. The maximum atomic E-state index is 13.4. The maximum Gasteiger partial charge on any atom is 0.255 e. The first kappa shape index (κ1) is 23.7. The van der Waals surface area contributed by atoms with E-state index in [1.165, 1.54) is 0 Å². The number of halogens is 1. The number of benzene rings is 3. The van der Waals surface area contributed by atoms with Crippen LogP contribution in [0.5, 0.6) is 11.5 Å². The average Bonchev–Trinajstić information content (AvgIpc) is 3.30. The molecule has 1 aromatic heterocycles. The number of aliphatic hydroxyl groups is 1. The first-order valence-electron chi connectivity index (χ1n) is 11.4. The van der Waals surface area contributed by atoms with E-state index in [4.69, 9.17) is 26.8 Å². The highest BCUT2D eigenvalue weighted by atomic mass is 35.5. The first-order chi connectivity index (χ1) is 17.4. The number of rotatable bonds is 7. The quantitative estimate of drug-likeness (QED) is 0.304. The van der Waals surface area contributed by atoms with E-state index >= 15 is 0 Å². The number of hydrogen-bond acceptors (Lipinski definition) is 5. The third kappa shape index (κ3) is 4.60. The number of nitrogens with one attached hydrogen (secondary N) is 2. The van der Waals surface area contributed by atoms with Gasteiger partial charge >= 0.3 is 0 Å². The van der Waals surface area contributed by atoms with Crippen molar-refractivity contribution in [3.8, 4) is 22.6 Å². The lowest BCUT2D eigenvalue weighted by molar-refractivity contribution is 0.0905. The van der Waals surface area contributed by atoms with Crippen LogP contribution in [0.2, 0.25) is 5.02 Å². The molecule has 0 saturated heterocycles. The summed E-state index contributed by atoms with van der Waals surface area (Å²) < 4.78 is 11.5. The van der Waals surface area contributed by atoms with E-state index in [0.717, 1.165) is 16.5 Å². The lowest BCUT2D eigenvalue weighted by Crippen LogP contribution is -2.39. The fourth-order valence-electron chi connectivity index (χ4n) is 4.37. The van der Waals surface area contributed by atoms with Crippen LogP contribution >= 0.6 is 11.6 Å². The summed E-state index contributed by atoms with van der Waals surface area (Å²) in [5.74, 6) is -0.265. The summed E-state index contributed by atoms with van der Waals surface area (Å²) in [5, 5.41) is 14.2. The molecule has 0 unspecified atom stereocenters. The summed E-state index contributed by atoms with van der Waals surface area (Å²) in [5.41, 5.74) is 9.15. The van der Waals surface area contributed by atoms with Crippen molar-refractivity contribution in [1.29, 1.82) is 0 Å². The number of para-hydroxylation sites is 1. The van der Waals surface area contributed by atoms with Crippen LogP contribution in [0, 0.1) is 0 Å². The number of primary amides is 1. The average molecular weight is 506 g/mol. The third-order valence-electron chi connectivity index (χ3n) is 6.15. The normalized spacial score (nSPS) is 13.4. The molecule has 1 atom stereocenters. The van der Waals surface area contributed by atoms with Crippen LogP contribution in [-0.4, -0.2) is 47.8 Å². The molecule has 4 aromatic rings. The number of carbonyl (C=O) groups is 2. The minimum atomic E-state index is -0.626. The molecule has 2 heterocycles. The van der Waals surface area contributed by atoms with Gasteiger partial charge in [0.15, 0.2) is 11.5 Å². The van der Waals surface area contributed by atoms with Crippen LogP contribution in [-0.2, 0) is 6.42 Å². The van der Waals surface area contributed by atoms with E-state index in [9.17, 15) is 14.7 Å². The van der Waals surface area contributed by atoms with E-state index in [1.807, 2.05) is 30.5 Å². The van der Waals surface area contributed by atoms with E-state index in [2.05, 4.69) is 10.3 Å². The summed E-state index contributed by atoms with van der Waals surface area (Å²) in [6.07, 6.45) is 2.33. The van der Waals surface area contributed by atoms with Crippen molar-refractivity contribution in [2.75, 3.05) is 19.8 Å². The van der Waals surface area contributed by atoms with Crippen molar-refractivity contribution in [2.24, 2.45) is 5.73 Å². The van der Waals surface area contributed by atoms with Crippen LogP contribution in [0.1, 0.15) is 26.3 Å². The molecular formula is C27H24ClN3O5. The molecule has 1 aliphatic heterocycles. The van der Waals surface area contributed by atoms with Crippen molar-refractivity contribution in [3.63, 3.8) is 0 Å². The Balaban J connectivity index is 1.45. The van der Waals surface area contributed by atoms with Crippen LogP contribution in [0.3, 0.4) is 0 Å². The predicted octanol–water partition coefficient (Wildman–Crippen LogP) is 3.69. The molecule has 5 N–H and O–H groups in total. The van der Waals surface area contributed by atoms with E-state index in [1.54, 1.807) is 30.3 Å². The first-order valence-corrected chi connectivity index (χ1v) is 11.8. The minimum Gasteiger partial charge on any atom is -0.486 e. The maximum absolute atomic E-state index is 13.4. The number of aliphatic hydroxyl groups excluding tert-OH is 1. The van der Waals surface area contributed by atoms with Crippen LogP contribution in [0.4, 0.5) is 0 Å². The molecule has 2 amide bonds. The van der Waals surface area contributed by atoms with Gasteiger partial charge in [-0.05, 0) is 53.4 Å². The molecule has 1 aliphatic rings. The molecule has 0 fully saturated rings. The Morgan fingerprint density at radius 2 is 1.86 bits per heavy atom. The second-order valence-corrected chi connectivity index (χ2v) is 8.93. The molecule has 9 heteroatoms. The highest BCUT2D eigenvalue weighted by molar-refractivity contribution is 6.34. The minimum absolute atomic E-state index is 0.207. The van der Waals surface area contributed by atoms with Crippen molar-refractivity contribution in [3.05, 3.63) is 82.5 Å². The Labute approximate surface area is 212 Å². The van der Waals surface area contributed by atoms with Gasteiger partial charge < -0.3 is 30.6 Å². The van der Waals surface area contributed by atoms with Gasteiger partial charge in [-0.25, -0.2) is 0 Å². The van der Waals surface area contributed by atoms with E-state index in [0.29, 0.717) is 42.3 Å². The predicted molar refractivity (Wildman–Crippen MR) is 137 cm³/mol. The van der Waals surface area contributed by atoms with Gasteiger partial charge in [0, 0.05) is 17.1 Å². The Morgan fingerprint density at radius 3 is 2.64 bits per heavy atom. The molecule has 8 nitrogen and oxygen atoms in total. The Hall–Kier alpha value is -4.01. The summed E-state index contributed by atoms with van der Waals surface area (Å²) in [6.45, 7) is 0.415. The fourth-order valence-corrected chi connectivity index (χ4v) is 4.65. The largest absolute Gasteiger partial charge is 0.486 e. The number of carbonyl (C=O) groups excluding carboxylic acids is 2. The SMILES string of the molecule is NC(=O)c1ccc(-c2cc3c(c(C(=O)N[C@@H](CO)Cc4c[nH]c5ccccc45)c2)OCCO3)cc1Cl. The van der Waals surface area contributed by atoms with Crippen molar-refractivity contribution >= 4 is 34.3 Å². The highest BCUT2D eigenvalue weighted by Gasteiger charge is 2.25. The van der Waals surface area contributed by atoms with Crippen LogP contribution in [0.25, 0.3) is 22.0 Å². The number of H-pyrrole nitrogens is 1. The standard InChI is InChI=1S/C27H24ClN3O5/c28-22-11-15(5-6-20(22)26(29)33)16-10-21(25-24(12-16)35-7-8-36-25)27(34)31-18(14-32)9-17-13-30-23-4-2-1-3-19(17)23/h1-6,10-13,18,30,32H,7-9,14H2,(H2,29,33)(H,31,34)/t18-/m1/s1. The number of fused-ring (bicyclic) bond motifs is 2. The number of aromatic amines is 1. The number of amides is 2. The van der Waals surface area contributed by atoms with Crippen molar-refractivity contribution in [1.82, 2.24) is 10.3 Å². The van der Waals surface area contributed by atoms with Gasteiger partial charge in [0.1, 0.15) is 13.2 Å². The van der Waals surface area contributed by atoms with E-state index in [-0.39, 0.29) is 22.8 Å². The number of hydrogen-bond donors (Lipinski definition) is 4. The summed E-state index contributed by atoms with van der Waals surface area (Å²) in [7, 11) is 0. The number of nitrogens with two attached hydrogens (primary N) is 1. The number of ether oxygens (including phenoxy) is 2. The summed E-state index contributed by atoms with van der Waals surface area (Å²) in [4.78, 5) is 28.2. The molecule has 36 heavy (non-hydrogen) atoms. The molecule has 0 bridgehead atoms. The van der Waals surface area contributed by atoms with Gasteiger partial charge in [-0.1, -0.05) is 35.9 Å². The van der Waals surface area contributed by atoms with Crippen LogP contribution in [0.15, 0.2) is 60.8 Å². The van der Waals surface area contributed by atoms with Gasteiger partial charge in [-0.3, -0.25) is 9.59 Å². The Morgan fingerprint density at radius 1 is 1.06 bits per heavy atom. The lowest BCUT2D eigenvalue weighted by Gasteiger charge is -2.23. The molecule has 5 rings (SSSR count). The second-order valence-electron chi connectivity index (χ2n) is 8.52. The highest BCUT2D eigenvalue weighted by Crippen LogP contribution is 2.39. The van der Waals surface area contributed by atoms with Gasteiger partial charge in [-0.2, -0.15) is 0 Å². The van der Waals surface area contributed by atoms with Gasteiger partial charge in [0.2, 0.25) is 5.91 Å². The molecule has 0 saturated carbocycles. The molecule has 3 aromatic carbocycles. The van der Waals surface area contributed by atoms with Gasteiger partial charge in [0.05, 0.1) is 28.8 Å². The molecular weight excluding hydrogens is 482 g/mol. The lowest BCUT2D eigenvalue weighted by atomic mass is 9.99. The second kappa shape index (κ2) is 9.93. The Kier molecular flexibility index (Phi) is 6.54. The van der Waals surface area contributed by atoms with E-state index < -0.39 is 17.9 Å². The zero-order chi connectivity index (χ0) is 25.2. The molecule has 184 valence electrons. The monoisotopic (exact) mass is 505 g/mol. The van der Waals surface area contributed by atoms with Crippen molar-refractivity contribution < 1.29 is 24.2 Å². The Bertz CT molecular complexity index is 1470. The summed E-state index contributed by atoms with van der Waals surface area (Å²) in [6, 6.07) is 15.6. The zero-order valence-electron chi connectivity index (χ0n) is 19.2. The van der Waals surface area contributed by atoms with Gasteiger partial charge in [-0.15, -0.1) is 0 Å². The third-order valence-corrected chi connectivity index (χ3v) is 6.46. The molecule has 0 spiro atoms. The van der Waals surface area contributed by atoms with Crippen molar-refractivity contribution in [2.45, 2.75) is 12.5 Å². The topological polar surface area (TPSA) is 127 Å². The summed E-state index contributed by atoms with van der Waals surface area (Å²) >= 11 is 6.25. The molecule has 0 aliphatic carbocycles. The zero-order valence-corrected chi connectivity index (χ0v) is 20.0. The molecule has 0 radical (unpaired) electrons. The smallest absolute Gasteiger partial charge is 0.255 e. The van der Waals surface area contributed by atoms with Crippen LogP contribution < -0.4 is 20.5 Å². The van der Waals surface area contributed by atoms with Gasteiger partial charge in [0.25, 0.3) is 5.91 Å². The number of aromatic nitrogens is 1.